The molecule has 1 aliphatic rings. The smallest absolute Gasteiger partial charge is 0.390 e. The Morgan fingerprint density at radius 3 is 2.72 bits per heavy atom. The van der Waals surface area contributed by atoms with E-state index in [1.165, 1.54) is 21.1 Å². The van der Waals surface area contributed by atoms with Crippen LogP contribution in [0, 0.1) is 6.92 Å². The van der Waals surface area contributed by atoms with E-state index in [0.29, 0.717) is 22.0 Å². The molecule has 3 aromatic heterocycles. The zero-order chi connectivity index (χ0) is 20.1. The van der Waals surface area contributed by atoms with Crippen molar-refractivity contribution in [3.63, 3.8) is 0 Å². The maximum Gasteiger partial charge on any atom is 0.437 e. The van der Waals surface area contributed by atoms with Gasteiger partial charge < -0.3 is 8.94 Å². The molecule has 4 aromatic rings. The lowest BCUT2D eigenvalue weighted by Crippen LogP contribution is -2.31. The number of fused-ring (bicyclic) bond motifs is 1. The van der Waals surface area contributed by atoms with Crippen molar-refractivity contribution in [2.24, 2.45) is 0 Å². The molecule has 1 fully saturated rings. The molecule has 0 amide bonds. The second kappa shape index (κ2) is 6.70. The van der Waals surface area contributed by atoms with Crippen molar-refractivity contribution in [2.75, 3.05) is 0 Å². The minimum Gasteiger partial charge on any atom is -0.390 e. The van der Waals surface area contributed by atoms with Crippen molar-refractivity contribution in [3.8, 4) is 0 Å². The summed E-state index contributed by atoms with van der Waals surface area (Å²) >= 11 is 5.93. The molecular weight excluding hydrogens is 398 g/mol. The Hall–Kier alpha value is -3.20. The monoisotopic (exact) mass is 413 g/mol. The molecule has 0 saturated heterocycles. The van der Waals surface area contributed by atoms with Gasteiger partial charge >= 0.3 is 5.76 Å². The lowest BCUT2D eigenvalue weighted by Gasteiger charge is -2.34. The summed E-state index contributed by atoms with van der Waals surface area (Å²) in [6, 6.07) is 7.71. The van der Waals surface area contributed by atoms with Gasteiger partial charge in [0.25, 0.3) is 11.3 Å². The fourth-order valence-electron chi connectivity index (χ4n) is 3.69. The van der Waals surface area contributed by atoms with Crippen molar-refractivity contribution in [1.82, 2.24) is 24.5 Å². The van der Waals surface area contributed by atoms with Gasteiger partial charge in [0.2, 0.25) is 5.89 Å². The highest BCUT2D eigenvalue weighted by atomic mass is 35.5. The van der Waals surface area contributed by atoms with Crippen LogP contribution in [-0.4, -0.2) is 24.5 Å². The highest BCUT2D eigenvalue weighted by Gasteiger charge is 2.34. The summed E-state index contributed by atoms with van der Waals surface area (Å²) in [5.74, 6) is -0.0137. The highest BCUT2D eigenvalue weighted by molar-refractivity contribution is 6.30. The number of nitrogens with zero attached hydrogens (tertiary/aromatic N) is 5. The van der Waals surface area contributed by atoms with E-state index in [-0.39, 0.29) is 29.8 Å². The van der Waals surface area contributed by atoms with Gasteiger partial charge in [0, 0.05) is 5.02 Å². The molecule has 0 spiro atoms. The van der Waals surface area contributed by atoms with Crippen molar-refractivity contribution in [2.45, 2.75) is 38.3 Å². The van der Waals surface area contributed by atoms with Gasteiger partial charge in [-0.05, 0) is 43.4 Å². The molecule has 0 unspecified atom stereocenters. The average molecular weight is 414 g/mol. The number of hydrogen-bond acceptors (Lipinski definition) is 7. The lowest BCUT2D eigenvalue weighted by molar-refractivity contribution is 0.233. The lowest BCUT2D eigenvalue weighted by atomic mass is 9.76. The molecule has 1 aliphatic carbocycles. The summed E-state index contributed by atoms with van der Waals surface area (Å²) in [6.45, 7) is 1.67. The topological polar surface area (TPSA) is 109 Å². The van der Waals surface area contributed by atoms with Crippen LogP contribution >= 0.6 is 11.6 Å². The van der Waals surface area contributed by atoms with Gasteiger partial charge in [-0.15, -0.1) is 5.10 Å². The molecule has 29 heavy (non-hydrogen) atoms. The van der Waals surface area contributed by atoms with E-state index < -0.39 is 5.76 Å². The SMILES string of the molecule is Cc1noc2ncn(Cc3nn(C4CC(c5ccc(Cl)cc5)C4)c(=O)o3)c(=O)c12. The van der Waals surface area contributed by atoms with Crippen LogP contribution < -0.4 is 11.3 Å². The predicted octanol–water partition coefficient (Wildman–Crippen LogP) is 2.66. The predicted molar refractivity (Wildman–Crippen MR) is 103 cm³/mol. The first-order valence-corrected chi connectivity index (χ1v) is 9.53. The molecule has 0 radical (unpaired) electrons. The summed E-state index contributed by atoms with van der Waals surface area (Å²) in [5, 5.41) is 9.05. The Kier molecular flexibility index (Phi) is 4.13. The zero-order valence-electron chi connectivity index (χ0n) is 15.4. The molecule has 0 bridgehead atoms. The van der Waals surface area contributed by atoms with Crippen molar-refractivity contribution < 1.29 is 8.94 Å². The summed E-state index contributed by atoms with van der Waals surface area (Å²) in [7, 11) is 0. The van der Waals surface area contributed by atoms with E-state index in [1.807, 2.05) is 24.3 Å². The number of benzene rings is 1. The van der Waals surface area contributed by atoms with Crippen LogP contribution in [0.1, 0.15) is 41.9 Å². The van der Waals surface area contributed by atoms with Crippen LogP contribution in [0.5, 0.6) is 0 Å². The molecule has 10 heteroatoms. The molecule has 5 rings (SSSR count). The fraction of sp³-hybridized carbons (Fsp3) is 0.316. The largest absolute Gasteiger partial charge is 0.437 e. The third-order valence-electron chi connectivity index (χ3n) is 5.35. The molecule has 1 saturated carbocycles. The first-order valence-electron chi connectivity index (χ1n) is 9.15. The minimum absolute atomic E-state index is 0.00195. The van der Waals surface area contributed by atoms with Crippen molar-refractivity contribution in [3.05, 3.63) is 73.7 Å². The first kappa shape index (κ1) is 17.9. The quantitative estimate of drug-likeness (QED) is 0.505. The van der Waals surface area contributed by atoms with E-state index in [0.717, 1.165) is 12.8 Å². The molecule has 1 aromatic carbocycles. The first-order chi connectivity index (χ1) is 14.0. The molecule has 9 nitrogen and oxygen atoms in total. The van der Waals surface area contributed by atoms with Gasteiger partial charge in [0.15, 0.2) is 0 Å². The van der Waals surface area contributed by atoms with E-state index in [1.54, 1.807) is 6.92 Å². The molecular formula is C19H16ClN5O4. The summed E-state index contributed by atoms with van der Waals surface area (Å²) in [5.41, 5.74) is 1.51. The van der Waals surface area contributed by atoms with Gasteiger partial charge in [-0.3, -0.25) is 9.36 Å². The van der Waals surface area contributed by atoms with Crippen LogP contribution in [-0.2, 0) is 6.54 Å². The van der Waals surface area contributed by atoms with Crippen LogP contribution in [0.25, 0.3) is 11.1 Å². The summed E-state index contributed by atoms with van der Waals surface area (Å²) < 4.78 is 12.9. The van der Waals surface area contributed by atoms with Crippen LogP contribution in [0.15, 0.2) is 49.1 Å². The molecule has 148 valence electrons. The van der Waals surface area contributed by atoms with E-state index in [2.05, 4.69) is 15.2 Å². The van der Waals surface area contributed by atoms with E-state index >= 15 is 0 Å². The molecule has 0 N–H and O–H groups in total. The summed E-state index contributed by atoms with van der Waals surface area (Å²) in [4.78, 5) is 28.9. The van der Waals surface area contributed by atoms with E-state index in [4.69, 9.17) is 20.5 Å². The Labute approximate surface area is 168 Å². The average Bonchev–Trinajstić information content (AvgIpc) is 3.21. The fourth-order valence-corrected chi connectivity index (χ4v) is 3.81. The third-order valence-corrected chi connectivity index (χ3v) is 5.60. The van der Waals surface area contributed by atoms with Gasteiger partial charge in [0.1, 0.15) is 18.3 Å². The van der Waals surface area contributed by atoms with Crippen molar-refractivity contribution >= 4 is 22.7 Å². The Morgan fingerprint density at radius 2 is 1.97 bits per heavy atom. The number of hydrogen-bond donors (Lipinski definition) is 0. The standard InChI is InChI=1S/C19H16ClN5O4/c1-10-16-17(29-23-10)21-9-24(18(16)26)8-15-22-25(19(27)28-15)14-6-12(7-14)11-2-4-13(20)5-3-11/h2-5,9,12,14H,6-8H2,1H3. The van der Waals surface area contributed by atoms with Gasteiger partial charge in [0.05, 0.1) is 11.7 Å². The Balaban J connectivity index is 1.35. The Morgan fingerprint density at radius 1 is 1.21 bits per heavy atom. The molecule has 0 atom stereocenters. The van der Waals surface area contributed by atoms with Gasteiger partial charge in [-0.25, -0.2) is 9.78 Å². The molecule has 0 aliphatic heterocycles. The maximum atomic E-state index is 12.6. The number of aromatic nitrogens is 5. The number of rotatable bonds is 4. The van der Waals surface area contributed by atoms with Gasteiger partial charge in [-0.1, -0.05) is 28.9 Å². The third kappa shape index (κ3) is 3.07. The number of halogens is 1. The maximum absolute atomic E-state index is 12.6. The second-order valence-corrected chi connectivity index (χ2v) is 7.64. The molecule has 3 heterocycles. The van der Waals surface area contributed by atoms with Gasteiger partial charge in [-0.2, -0.15) is 4.68 Å². The zero-order valence-corrected chi connectivity index (χ0v) is 16.2. The van der Waals surface area contributed by atoms with Crippen LogP contribution in [0.4, 0.5) is 0 Å². The minimum atomic E-state index is -0.525. The van der Waals surface area contributed by atoms with Crippen LogP contribution in [0.3, 0.4) is 0 Å². The van der Waals surface area contributed by atoms with Crippen molar-refractivity contribution in [1.29, 1.82) is 0 Å². The second-order valence-electron chi connectivity index (χ2n) is 7.21. The Bertz CT molecular complexity index is 1310. The highest BCUT2D eigenvalue weighted by Crippen LogP contribution is 2.43. The normalized spacial score (nSPS) is 18.8. The number of aryl methyl sites for hydroxylation is 1. The summed E-state index contributed by atoms with van der Waals surface area (Å²) in [6.07, 6.45) is 2.91. The van der Waals surface area contributed by atoms with Crippen LogP contribution in [0.2, 0.25) is 5.02 Å². The van der Waals surface area contributed by atoms with E-state index in [9.17, 15) is 9.59 Å².